The lowest BCUT2D eigenvalue weighted by atomic mass is 9.97. The molecule has 0 aromatic heterocycles. The molecule has 1 nitrogen and oxygen atoms in total. The molecule has 4 heteroatoms. The number of thioether (sulfide) groups is 1. The van der Waals surface area contributed by atoms with E-state index in [0.717, 1.165) is 12.2 Å². The number of halogens is 2. The Hall–Kier alpha value is 0.170. The van der Waals surface area contributed by atoms with Crippen molar-refractivity contribution in [2.75, 3.05) is 25.1 Å². The molecule has 1 aliphatic rings. The fraction of sp³-hybridized carbons (Fsp3) is 1.00. The zero-order valence-corrected chi connectivity index (χ0v) is 8.09. The number of hydrogen-bond donors (Lipinski definition) is 1. The highest BCUT2D eigenvalue weighted by atomic mass is 32.2. The Labute approximate surface area is 76.3 Å². The number of hydrogen-bond acceptors (Lipinski definition) is 2. The molecular formula is C8H15F2NS. The highest BCUT2D eigenvalue weighted by Gasteiger charge is 2.39. The van der Waals surface area contributed by atoms with Gasteiger partial charge >= 0.3 is 0 Å². The van der Waals surface area contributed by atoms with Crippen molar-refractivity contribution in [2.45, 2.75) is 18.8 Å². The van der Waals surface area contributed by atoms with Gasteiger partial charge in [-0.05, 0) is 25.6 Å². The van der Waals surface area contributed by atoms with Crippen LogP contribution in [0, 0.1) is 5.92 Å². The molecule has 1 aliphatic heterocycles. The Morgan fingerprint density at radius 2 is 2.33 bits per heavy atom. The molecule has 0 aromatic carbocycles. The van der Waals surface area contributed by atoms with Crippen molar-refractivity contribution < 1.29 is 8.78 Å². The number of rotatable bonds is 3. The normalized spacial score (nSPS) is 25.8. The summed E-state index contributed by atoms with van der Waals surface area (Å²) in [4.78, 5) is 0. The molecule has 1 rings (SSSR count). The van der Waals surface area contributed by atoms with Crippen LogP contribution in [0.25, 0.3) is 0 Å². The first-order valence-corrected chi connectivity index (χ1v) is 5.42. The van der Waals surface area contributed by atoms with E-state index < -0.39 is 11.8 Å². The van der Waals surface area contributed by atoms with Crippen molar-refractivity contribution in [1.82, 2.24) is 5.32 Å². The van der Waals surface area contributed by atoms with E-state index in [1.165, 1.54) is 0 Å². The van der Waals surface area contributed by atoms with Crippen molar-refractivity contribution in [3.8, 4) is 0 Å². The molecule has 12 heavy (non-hydrogen) atoms. The molecular weight excluding hydrogens is 180 g/mol. The van der Waals surface area contributed by atoms with E-state index in [-0.39, 0.29) is 6.54 Å². The monoisotopic (exact) mass is 195 g/mol. The fourth-order valence-electron chi connectivity index (χ4n) is 1.45. The minimum atomic E-state index is -2.51. The van der Waals surface area contributed by atoms with E-state index >= 15 is 0 Å². The smallest absolute Gasteiger partial charge is 0.263 e. The third-order valence-electron chi connectivity index (χ3n) is 2.17. The van der Waals surface area contributed by atoms with Crippen molar-refractivity contribution in [2.24, 2.45) is 5.92 Å². The van der Waals surface area contributed by atoms with E-state index in [0.29, 0.717) is 12.2 Å². The maximum atomic E-state index is 13.2. The summed E-state index contributed by atoms with van der Waals surface area (Å²) in [7, 11) is 1.57. The summed E-state index contributed by atoms with van der Waals surface area (Å²) in [5.74, 6) is -1.26. The second-order valence-electron chi connectivity index (χ2n) is 3.21. The molecule has 1 N–H and O–H groups in total. The lowest BCUT2D eigenvalue weighted by molar-refractivity contribution is -0.0497. The van der Waals surface area contributed by atoms with Gasteiger partial charge in [0, 0.05) is 11.7 Å². The van der Waals surface area contributed by atoms with Crippen LogP contribution >= 0.6 is 11.8 Å². The summed E-state index contributed by atoms with van der Waals surface area (Å²) in [6, 6.07) is 0. The highest BCUT2D eigenvalue weighted by molar-refractivity contribution is 7.99. The summed E-state index contributed by atoms with van der Waals surface area (Å²) in [5, 5.41) is 2.55. The second-order valence-corrected chi connectivity index (χ2v) is 4.36. The Morgan fingerprint density at radius 1 is 1.58 bits per heavy atom. The van der Waals surface area contributed by atoms with Gasteiger partial charge in [0.1, 0.15) is 0 Å². The van der Waals surface area contributed by atoms with Gasteiger partial charge in [0.2, 0.25) is 0 Å². The standard InChI is InChI=1S/C8H15F2NS/c1-11-6-8(9,10)7-3-2-4-12-5-7/h7,11H,2-6H2,1H3. The molecule has 1 atom stereocenters. The molecule has 0 bridgehead atoms. The van der Waals surface area contributed by atoms with Crippen LogP contribution in [0.5, 0.6) is 0 Å². The second kappa shape index (κ2) is 4.42. The van der Waals surface area contributed by atoms with Gasteiger partial charge in [-0.2, -0.15) is 11.8 Å². The number of alkyl halides is 2. The van der Waals surface area contributed by atoms with Crippen molar-refractivity contribution in [3.05, 3.63) is 0 Å². The predicted octanol–water partition coefficient (Wildman–Crippen LogP) is 1.98. The lowest BCUT2D eigenvalue weighted by Gasteiger charge is -2.29. The van der Waals surface area contributed by atoms with Gasteiger partial charge in [-0.25, -0.2) is 8.78 Å². The average molecular weight is 195 g/mol. The molecule has 1 unspecified atom stereocenters. The van der Waals surface area contributed by atoms with E-state index in [4.69, 9.17) is 0 Å². The fourth-order valence-corrected chi connectivity index (χ4v) is 2.69. The largest absolute Gasteiger partial charge is 0.314 e. The van der Waals surface area contributed by atoms with Crippen LogP contribution < -0.4 is 5.32 Å². The molecule has 72 valence electrons. The maximum absolute atomic E-state index is 13.2. The van der Waals surface area contributed by atoms with Crippen molar-refractivity contribution in [3.63, 3.8) is 0 Å². The van der Waals surface area contributed by atoms with E-state index in [2.05, 4.69) is 5.32 Å². The Balaban J connectivity index is 2.41. The van der Waals surface area contributed by atoms with Crippen molar-refractivity contribution >= 4 is 11.8 Å². The summed E-state index contributed by atoms with van der Waals surface area (Å²) < 4.78 is 26.5. The molecule has 0 spiro atoms. The van der Waals surface area contributed by atoms with E-state index in [9.17, 15) is 8.78 Å². The molecule has 1 fully saturated rings. The van der Waals surface area contributed by atoms with Crippen LogP contribution in [0.4, 0.5) is 8.78 Å². The van der Waals surface area contributed by atoms with Crippen molar-refractivity contribution in [1.29, 1.82) is 0 Å². The van der Waals surface area contributed by atoms with Gasteiger partial charge in [0.05, 0.1) is 6.54 Å². The first kappa shape index (κ1) is 10.3. The third-order valence-corrected chi connectivity index (χ3v) is 3.39. The van der Waals surface area contributed by atoms with Gasteiger partial charge in [-0.3, -0.25) is 0 Å². The van der Waals surface area contributed by atoms with Gasteiger partial charge in [0.25, 0.3) is 5.92 Å². The minimum Gasteiger partial charge on any atom is -0.314 e. The van der Waals surface area contributed by atoms with Crippen LogP contribution in [-0.4, -0.2) is 31.0 Å². The maximum Gasteiger partial charge on any atom is 0.263 e. The SMILES string of the molecule is CNCC(F)(F)C1CCCSC1. The molecule has 0 amide bonds. The summed E-state index contributed by atoms with van der Waals surface area (Å²) in [6.45, 7) is -0.182. The minimum absolute atomic E-state index is 0.182. The lowest BCUT2D eigenvalue weighted by Crippen LogP contribution is -2.40. The van der Waals surface area contributed by atoms with Gasteiger partial charge in [-0.15, -0.1) is 0 Å². The van der Waals surface area contributed by atoms with Crippen LogP contribution in [-0.2, 0) is 0 Å². The van der Waals surface area contributed by atoms with Gasteiger partial charge in [-0.1, -0.05) is 0 Å². The molecule has 1 saturated heterocycles. The van der Waals surface area contributed by atoms with Gasteiger partial charge in [0.15, 0.2) is 0 Å². The average Bonchev–Trinajstić information content (AvgIpc) is 2.06. The first-order chi connectivity index (χ1) is 5.67. The predicted molar refractivity (Wildman–Crippen MR) is 48.9 cm³/mol. The zero-order valence-electron chi connectivity index (χ0n) is 7.28. The first-order valence-electron chi connectivity index (χ1n) is 4.27. The quantitative estimate of drug-likeness (QED) is 0.739. The Bertz CT molecular complexity index is 135. The molecule has 1 heterocycles. The molecule has 0 aliphatic carbocycles. The Morgan fingerprint density at radius 3 is 2.83 bits per heavy atom. The topological polar surface area (TPSA) is 12.0 Å². The zero-order chi connectivity index (χ0) is 9.03. The molecule has 0 aromatic rings. The summed E-state index contributed by atoms with van der Waals surface area (Å²) in [6.07, 6.45) is 1.62. The van der Waals surface area contributed by atoms with Gasteiger partial charge < -0.3 is 5.32 Å². The number of nitrogens with one attached hydrogen (secondary N) is 1. The Kier molecular flexibility index (Phi) is 3.77. The summed E-state index contributed by atoms with van der Waals surface area (Å²) >= 11 is 1.65. The summed E-state index contributed by atoms with van der Waals surface area (Å²) in [5.41, 5.74) is 0. The van der Waals surface area contributed by atoms with Crippen LogP contribution in [0.15, 0.2) is 0 Å². The highest BCUT2D eigenvalue weighted by Crippen LogP contribution is 2.34. The van der Waals surface area contributed by atoms with E-state index in [1.807, 2.05) is 0 Å². The van der Waals surface area contributed by atoms with Crippen LogP contribution in [0.2, 0.25) is 0 Å². The third kappa shape index (κ3) is 2.59. The van der Waals surface area contributed by atoms with E-state index in [1.54, 1.807) is 18.8 Å². The molecule has 0 saturated carbocycles. The van der Waals surface area contributed by atoms with Crippen LogP contribution in [0.1, 0.15) is 12.8 Å². The van der Waals surface area contributed by atoms with Crippen LogP contribution in [0.3, 0.4) is 0 Å². The molecule has 0 radical (unpaired) electrons.